The molecular weight excluding hydrogens is 403 g/mol. The van der Waals surface area contributed by atoms with Crippen LogP contribution in [-0.4, -0.2) is 4.98 Å². The van der Waals surface area contributed by atoms with Gasteiger partial charge in [0.15, 0.2) is 5.76 Å². The third-order valence-electron chi connectivity index (χ3n) is 3.76. The van der Waals surface area contributed by atoms with Gasteiger partial charge < -0.3 is 8.83 Å². The van der Waals surface area contributed by atoms with E-state index < -0.39 is 0 Å². The average molecular weight is 413 g/mol. The monoisotopic (exact) mass is 412 g/mol. The maximum Gasteiger partial charge on any atom is 0.153 e. The third kappa shape index (κ3) is 3.56. The highest BCUT2D eigenvalue weighted by Crippen LogP contribution is 2.35. The van der Waals surface area contributed by atoms with Gasteiger partial charge in [-0.05, 0) is 36.4 Å². The maximum atomic E-state index is 9.53. The first-order chi connectivity index (χ1) is 13.2. The molecule has 0 aliphatic heterocycles. The van der Waals surface area contributed by atoms with E-state index in [0.717, 1.165) is 0 Å². The van der Waals surface area contributed by atoms with Crippen molar-refractivity contribution in [2.75, 3.05) is 0 Å². The summed E-state index contributed by atoms with van der Waals surface area (Å²) in [5, 5.41) is 12.8. The minimum Gasteiger partial charge on any atom is -0.463 e. The standard InChI is InChI=1S/C20H10Cl2N2O2S/c21-15-4-1-3-14(19(15)22)17-7-6-13(26-17)9-12(10-23)20-24-16(11-27-20)18-5-2-8-25-18/h1-9,11H/b12-9+. The number of thiazole rings is 1. The van der Waals surface area contributed by atoms with Gasteiger partial charge in [0.2, 0.25) is 0 Å². The number of furan rings is 2. The Balaban J connectivity index is 1.66. The zero-order valence-electron chi connectivity index (χ0n) is 13.6. The van der Waals surface area contributed by atoms with Crippen molar-refractivity contribution in [1.82, 2.24) is 4.98 Å². The Morgan fingerprint density at radius 3 is 2.78 bits per heavy atom. The smallest absolute Gasteiger partial charge is 0.153 e. The Morgan fingerprint density at radius 1 is 1.11 bits per heavy atom. The van der Waals surface area contributed by atoms with Crippen molar-refractivity contribution in [1.29, 1.82) is 5.26 Å². The lowest BCUT2D eigenvalue weighted by Crippen LogP contribution is -1.81. The quantitative estimate of drug-likeness (QED) is 0.337. The molecule has 0 amide bonds. The summed E-state index contributed by atoms with van der Waals surface area (Å²) in [6, 6.07) is 14.7. The zero-order valence-corrected chi connectivity index (χ0v) is 16.0. The maximum absolute atomic E-state index is 9.53. The summed E-state index contributed by atoms with van der Waals surface area (Å²) in [4.78, 5) is 4.46. The van der Waals surface area contributed by atoms with Gasteiger partial charge >= 0.3 is 0 Å². The average Bonchev–Trinajstić information content (AvgIpc) is 3.42. The molecule has 0 saturated heterocycles. The largest absolute Gasteiger partial charge is 0.463 e. The molecule has 0 spiro atoms. The summed E-state index contributed by atoms with van der Waals surface area (Å²) >= 11 is 13.7. The highest BCUT2D eigenvalue weighted by Gasteiger charge is 2.13. The van der Waals surface area contributed by atoms with Gasteiger partial charge in [0.1, 0.15) is 28.3 Å². The first kappa shape index (κ1) is 17.6. The first-order valence-electron chi connectivity index (χ1n) is 7.81. The molecule has 4 rings (SSSR count). The van der Waals surface area contributed by atoms with Crippen molar-refractivity contribution in [3.63, 3.8) is 0 Å². The second-order valence-electron chi connectivity index (χ2n) is 5.49. The second-order valence-corrected chi connectivity index (χ2v) is 7.13. The molecular formula is C20H10Cl2N2O2S. The second kappa shape index (κ2) is 7.45. The lowest BCUT2D eigenvalue weighted by atomic mass is 10.2. The van der Waals surface area contributed by atoms with Crippen LogP contribution >= 0.6 is 34.5 Å². The fourth-order valence-electron chi connectivity index (χ4n) is 2.49. The molecule has 132 valence electrons. The Morgan fingerprint density at radius 2 is 2.00 bits per heavy atom. The van der Waals surface area contributed by atoms with Crippen LogP contribution in [0.3, 0.4) is 0 Å². The summed E-state index contributed by atoms with van der Waals surface area (Å²) in [7, 11) is 0. The molecule has 7 heteroatoms. The number of nitriles is 1. The minimum absolute atomic E-state index is 0.399. The van der Waals surface area contributed by atoms with Crippen LogP contribution in [0.4, 0.5) is 0 Å². The van der Waals surface area contributed by atoms with Crippen molar-refractivity contribution in [2.45, 2.75) is 0 Å². The molecule has 0 fully saturated rings. The number of benzene rings is 1. The SMILES string of the molecule is N#C/C(=C\c1ccc(-c2cccc(Cl)c2Cl)o1)c1nc(-c2ccco2)cs1. The molecule has 4 nitrogen and oxygen atoms in total. The molecule has 4 aromatic rings. The fraction of sp³-hybridized carbons (Fsp3) is 0. The number of hydrogen-bond donors (Lipinski definition) is 0. The number of aromatic nitrogens is 1. The summed E-state index contributed by atoms with van der Waals surface area (Å²) in [6.45, 7) is 0. The van der Waals surface area contributed by atoms with Crippen LogP contribution in [0.2, 0.25) is 10.0 Å². The van der Waals surface area contributed by atoms with Crippen LogP contribution in [0, 0.1) is 11.3 Å². The molecule has 0 aliphatic carbocycles. The number of allylic oxidation sites excluding steroid dienone is 1. The predicted octanol–water partition coefficient (Wildman–Crippen LogP) is 7.03. The van der Waals surface area contributed by atoms with Crippen molar-refractivity contribution in [3.8, 4) is 28.8 Å². The Kier molecular flexibility index (Phi) is 4.87. The van der Waals surface area contributed by atoms with Crippen LogP contribution in [0.15, 0.2) is 62.9 Å². The Labute approximate surface area is 168 Å². The van der Waals surface area contributed by atoms with Crippen LogP contribution in [0.25, 0.3) is 34.4 Å². The van der Waals surface area contributed by atoms with Gasteiger partial charge in [-0.3, -0.25) is 0 Å². The first-order valence-corrected chi connectivity index (χ1v) is 9.45. The Hall–Kier alpha value is -2.78. The topological polar surface area (TPSA) is 63.0 Å². The summed E-state index contributed by atoms with van der Waals surface area (Å²) in [5.74, 6) is 1.75. The van der Waals surface area contributed by atoms with E-state index in [1.54, 1.807) is 42.7 Å². The van der Waals surface area contributed by atoms with E-state index in [1.165, 1.54) is 11.3 Å². The van der Waals surface area contributed by atoms with Crippen LogP contribution in [-0.2, 0) is 0 Å². The molecule has 0 aliphatic rings. The normalized spacial score (nSPS) is 11.5. The minimum atomic E-state index is 0.399. The molecule has 0 bridgehead atoms. The number of nitrogens with zero attached hydrogens (tertiary/aromatic N) is 2. The van der Waals surface area contributed by atoms with E-state index in [1.807, 2.05) is 17.5 Å². The van der Waals surface area contributed by atoms with Gasteiger partial charge in [-0.2, -0.15) is 5.26 Å². The van der Waals surface area contributed by atoms with Crippen molar-refractivity contribution < 1.29 is 8.83 Å². The van der Waals surface area contributed by atoms with Gasteiger partial charge in [-0.1, -0.05) is 29.3 Å². The summed E-state index contributed by atoms with van der Waals surface area (Å²) in [6.07, 6.45) is 3.23. The molecule has 0 atom stereocenters. The number of halogens is 2. The van der Waals surface area contributed by atoms with E-state index in [0.29, 0.717) is 49.2 Å². The van der Waals surface area contributed by atoms with Crippen LogP contribution in [0.1, 0.15) is 10.8 Å². The zero-order chi connectivity index (χ0) is 18.8. The van der Waals surface area contributed by atoms with Gasteiger partial charge in [0, 0.05) is 17.0 Å². The fourth-order valence-corrected chi connectivity index (χ4v) is 3.66. The van der Waals surface area contributed by atoms with Crippen LogP contribution in [0.5, 0.6) is 0 Å². The molecule has 3 heterocycles. The van der Waals surface area contributed by atoms with E-state index in [4.69, 9.17) is 32.0 Å². The van der Waals surface area contributed by atoms with E-state index in [2.05, 4.69) is 11.1 Å². The lowest BCUT2D eigenvalue weighted by Gasteiger charge is -2.02. The number of rotatable bonds is 4. The Bertz CT molecular complexity index is 1170. The molecule has 0 radical (unpaired) electrons. The van der Waals surface area contributed by atoms with Gasteiger partial charge in [0.25, 0.3) is 0 Å². The van der Waals surface area contributed by atoms with Gasteiger partial charge in [-0.15, -0.1) is 11.3 Å². The van der Waals surface area contributed by atoms with Crippen LogP contribution < -0.4 is 0 Å². The predicted molar refractivity (Wildman–Crippen MR) is 107 cm³/mol. The molecule has 3 aromatic heterocycles. The van der Waals surface area contributed by atoms with Crippen molar-refractivity contribution >= 4 is 46.2 Å². The summed E-state index contributed by atoms with van der Waals surface area (Å²) < 4.78 is 11.2. The van der Waals surface area contributed by atoms with Crippen molar-refractivity contribution in [2.24, 2.45) is 0 Å². The van der Waals surface area contributed by atoms with Crippen molar-refractivity contribution in [3.05, 3.63) is 74.9 Å². The van der Waals surface area contributed by atoms with E-state index in [9.17, 15) is 5.26 Å². The lowest BCUT2D eigenvalue weighted by molar-refractivity contribution is 0.572. The van der Waals surface area contributed by atoms with Gasteiger partial charge in [-0.25, -0.2) is 4.98 Å². The third-order valence-corrected chi connectivity index (χ3v) is 5.45. The molecule has 0 N–H and O–H groups in total. The van der Waals surface area contributed by atoms with Gasteiger partial charge in [0.05, 0.1) is 21.9 Å². The number of hydrogen-bond acceptors (Lipinski definition) is 5. The summed E-state index contributed by atoms with van der Waals surface area (Å²) in [5.41, 5.74) is 1.78. The molecule has 27 heavy (non-hydrogen) atoms. The molecule has 0 saturated carbocycles. The highest BCUT2D eigenvalue weighted by atomic mass is 35.5. The highest BCUT2D eigenvalue weighted by molar-refractivity contribution is 7.11. The van der Waals surface area contributed by atoms with E-state index in [-0.39, 0.29) is 0 Å². The molecule has 0 unspecified atom stereocenters. The van der Waals surface area contributed by atoms with E-state index >= 15 is 0 Å². The molecule has 1 aromatic carbocycles.